The summed E-state index contributed by atoms with van der Waals surface area (Å²) in [4.78, 5) is 37.7. The highest BCUT2D eigenvalue weighted by Crippen LogP contribution is 2.38. The van der Waals surface area contributed by atoms with Gasteiger partial charge >= 0.3 is 11.9 Å². The molecule has 16 heteroatoms. The maximum absolute atomic E-state index is 12.6. The van der Waals surface area contributed by atoms with Crippen molar-refractivity contribution >= 4 is 17.7 Å². The molecule has 15 atom stereocenters. The fraction of sp³-hybridized carbons (Fsp3) is 0.675. The lowest BCUT2D eigenvalue weighted by atomic mass is 9.82. The fourth-order valence-electron chi connectivity index (χ4n) is 6.85. The maximum atomic E-state index is 12.6. The zero-order valence-electron chi connectivity index (χ0n) is 32.2. The third kappa shape index (κ3) is 14.7. The van der Waals surface area contributed by atoms with E-state index in [9.17, 15) is 55.2 Å². The number of Topliss-reactive ketones (excluding diaryl/α,β-unsaturated/α-hetero) is 1. The van der Waals surface area contributed by atoms with Gasteiger partial charge in [0, 0.05) is 38.5 Å². The van der Waals surface area contributed by atoms with E-state index in [1.807, 2.05) is 19.9 Å². The van der Waals surface area contributed by atoms with Gasteiger partial charge in [0.15, 0.2) is 12.1 Å². The zero-order chi connectivity index (χ0) is 41.6. The van der Waals surface area contributed by atoms with E-state index >= 15 is 0 Å². The molecule has 56 heavy (non-hydrogen) atoms. The largest absolute Gasteiger partial charge is 0.481 e. The molecule has 0 spiro atoms. The lowest BCUT2D eigenvalue weighted by Gasteiger charge is -2.45. The molecule has 0 unspecified atom stereocenters. The van der Waals surface area contributed by atoms with E-state index in [0.717, 1.165) is 6.42 Å². The van der Waals surface area contributed by atoms with Crippen LogP contribution in [-0.2, 0) is 33.3 Å². The first-order valence-corrected chi connectivity index (χ1v) is 19.3. The molecule has 2 fully saturated rings. The van der Waals surface area contributed by atoms with E-state index in [1.54, 1.807) is 48.6 Å². The van der Waals surface area contributed by atoms with E-state index in [4.69, 9.17) is 24.7 Å². The highest BCUT2D eigenvalue weighted by atomic mass is 16.7. The van der Waals surface area contributed by atoms with Gasteiger partial charge in [-0.2, -0.15) is 0 Å². The molecule has 0 radical (unpaired) electrons. The fourth-order valence-corrected chi connectivity index (χ4v) is 6.85. The molecule has 0 aromatic carbocycles. The number of hydrogen-bond donors (Lipinski definition) is 9. The number of cyclic esters (lactones) is 1. The van der Waals surface area contributed by atoms with Gasteiger partial charge in [0.25, 0.3) is 0 Å². The second-order valence-electron chi connectivity index (χ2n) is 15.0. The molecular weight excluding hydrogens is 734 g/mol. The number of aliphatic hydroxyl groups is 7. The van der Waals surface area contributed by atoms with Crippen molar-refractivity contribution in [2.24, 2.45) is 17.6 Å². The molecule has 0 aliphatic carbocycles. The molecule has 2 bridgehead atoms. The Morgan fingerprint density at radius 1 is 0.929 bits per heavy atom. The minimum absolute atomic E-state index is 0.0294. The minimum Gasteiger partial charge on any atom is -0.481 e. The number of carboxylic acid groups (broad SMARTS) is 1. The van der Waals surface area contributed by atoms with Crippen molar-refractivity contribution in [3.05, 3.63) is 60.8 Å². The summed E-state index contributed by atoms with van der Waals surface area (Å²) in [5.41, 5.74) is 5.99. The predicted molar refractivity (Wildman–Crippen MR) is 201 cm³/mol. The number of aliphatic carboxylic acids is 1. The van der Waals surface area contributed by atoms with Crippen LogP contribution in [0.2, 0.25) is 0 Å². The summed E-state index contributed by atoms with van der Waals surface area (Å²) in [7, 11) is 0. The average Bonchev–Trinajstić information content (AvgIpc) is 3.11. The quantitative estimate of drug-likeness (QED) is 0.174. The number of aliphatic hydroxyl groups excluding tert-OH is 6. The Morgan fingerprint density at radius 3 is 2.20 bits per heavy atom. The third-order valence-corrected chi connectivity index (χ3v) is 10.4. The van der Waals surface area contributed by atoms with Crippen molar-refractivity contribution in [2.75, 3.05) is 0 Å². The number of carbonyl (C=O) groups is 3. The molecule has 3 rings (SSSR count). The first-order chi connectivity index (χ1) is 26.4. The van der Waals surface area contributed by atoms with Crippen LogP contribution in [0.1, 0.15) is 78.6 Å². The molecule has 3 aliphatic rings. The molecule has 3 aliphatic heterocycles. The van der Waals surface area contributed by atoms with E-state index in [0.29, 0.717) is 6.42 Å². The van der Waals surface area contributed by atoms with Gasteiger partial charge in [-0.15, -0.1) is 0 Å². The van der Waals surface area contributed by atoms with E-state index in [-0.39, 0.29) is 25.2 Å². The number of esters is 1. The van der Waals surface area contributed by atoms with Gasteiger partial charge in [0.2, 0.25) is 0 Å². The Kier molecular flexibility index (Phi) is 19.2. The van der Waals surface area contributed by atoms with Crippen LogP contribution in [0.25, 0.3) is 0 Å². The van der Waals surface area contributed by atoms with Crippen LogP contribution in [0, 0.1) is 11.8 Å². The van der Waals surface area contributed by atoms with Crippen molar-refractivity contribution < 1.29 is 74.2 Å². The highest BCUT2D eigenvalue weighted by Gasteiger charge is 2.51. The molecule has 10 N–H and O–H groups in total. The highest BCUT2D eigenvalue weighted by molar-refractivity contribution is 5.80. The molecule has 3 heterocycles. The molecule has 0 aromatic heterocycles. The number of ketones is 1. The average molecular weight is 796 g/mol. The standard InChI is InChI=1S/C40H61NO15/c1-4-23(2)31-15-13-11-9-7-5-6-8-10-12-14-27(54-39-37(49)35(41)36(48)24(3)53-39)20-32-34(38(50)51)30(46)22-40(52,56-32)21-29(45)28(44)17-16-25(42)18-26(43)19-33(47)55-31/h5-14,23-24,26-32,34-37,39,43-46,48-49,52H,4,15-22,41H2,1-3H3,(H,50,51)/b6-5-,9-7-,10-8-,13-11-,14-12-/t23-,24+,26+,27+,28+,29+,30-,31+,32+,34+,35-,36+,37-,39-,40-/m0/s1. The van der Waals surface area contributed by atoms with Crippen LogP contribution in [0.5, 0.6) is 0 Å². The van der Waals surface area contributed by atoms with Gasteiger partial charge in [0.1, 0.15) is 23.9 Å². The normalized spacial score (nSPS) is 42.5. The summed E-state index contributed by atoms with van der Waals surface area (Å²) < 4.78 is 23.2. The van der Waals surface area contributed by atoms with Crippen LogP contribution < -0.4 is 5.73 Å². The van der Waals surface area contributed by atoms with E-state index in [2.05, 4.69) is 0 Å². The molecule has 316 valence electrons. The van der Waals surface area contributed by atoms with Crippen molar-refractivity contribution in [3.8, 4) is 0 Å². The van der Waals surface area contributed by atoms with Crippen LogP contribution in [0.3, 0.4) is 0 Å². The summed E-state index contributed by atoms with van der Waals surface area (Å²) in [6.45, 7) is 5.45. The first-order valence-electron chi connectivity index (χ1n) is 19.3. The lowest BCUT2D eigenvalue weighted by molar-refractivity contribution is -0.310. The monoisotopic (exact) mass is 795 g/mol. The molecule has 16 nitrogen and oxygen atoms in total. The summed E-state index contributed by atoms with van der Waals surface area (Å²) in [6.07, 6.45) is 1.21. The summed E-state index contributed by atoms with van der Waals surface area (Å²) in [6, 6.07) is -1.13. The summed E-state index contributed by atoms with van der Waals surface area (Å²) >= 11 is 0. The van der Waals surface area contributed by atoms with Crippen LogP contribution in [0.15, 0.2) is 60.8 Å². The number of hydrogen-bond acceptors (Lipinski definition) is 15. The minimum atomic E-state index is -2.34. The number of carbonyl (C=O) groups excluding carboxylic acids is 2. The van der Waals surface area contributed by atoms with Crippen LogP contribution in [0.4, 0.5) is 0 Å². The number of ether oxygens (including phenoxy) is 4. The first kappa shape index (κ1) is 47.2. The van der Waals surface area contributed by atoms with Crippen molar-refractivity contribution in [3.63, 3.8) is 0 Å². The van der Waals surface area contributed by atoms with Gasteiger partial charge in [-0.25, -0.2) is 0 Å². The molecule has 2 saturated heterocycles. The smallest absolute Gasteiger partial charge is 0.311 e. The molecule has 0 saturated carbocycles. The topological polar surface area (TPSA) is 276 Å². The number of fused-ring (bicyclic) bond motifs is 2. The Balaban J connectivity index is 1.91. The van der Waals surface area contributed by atoms with Gasteiger partial charge in [-0.05, 0) is 19.3 Å². The Labute approximate surface area is 327 Å². The maximum Gasteiger partial charge on any atom is 0.311 e. The van der Waals surface area contributed by atoms with Crippen molar-refractivity contribution in [1.29, 1.82) is 0 Å². The van der Waals surface area contributed by atoms with Gasteiger partial charge in [-0.1, -0.05) is 81.0 Å². The third-order valence-electron chi connectivity index (χ3n) is 10.4. The Hall–Kier alpha value is -3.13. The van der Waals surface area contributed by atoms with Crippen molar-refractivity contribution in [2.45, 2.75) is 158 Å². The Bertz CT molecular complexity index is 1420. The number of nitrogens with two attached hydrogens (primary N) is 1. The SMILES string of the molecule is CC[C@H](C)[C@H]1C\C=C/C=C\C=C/C=C\C=C/[C@@H](O[C@@H]2O[C@H](C)[C@@H](O)[C@H](N)[C@@H]2O)C[C@H]2O[C@@](O)(C[C@@H](O)[C@H](O)CCC(=O)C[C@@H](O)CC(=O)O1)C[C@H](O)[C@H]2C(=O)O. The predicted octanol–water partition coefficient (Wildman–Crippen LogP) is 0.840. The molecular formula is C40H61NO15. The van der Waals surface area contributed by atoms with Crippen LogP contribution in [-0.4, -0.2) is 138 Å². The van der Waals surface area contributed by atoms with Crippen LogP contribution >= 0.6 is 0 Å². The Morgan fingerprint density at radius 2 is 1.55 bits per heavy atom. The summed E-state index contributed by atoms with van der Waals surface area (Å²) in [5, 5.41) is 85.5. The second kappa shape index (κ2) is 22.7. The number of carboxylic acids is 1. The van der Waals surface area contributed by atoms with E-state index in [1.165, 1.54) is 13.0 Å². The number of rotatable bonds is 5. The van der Waals surface area contributed by atoms with Crippen molar-refractivity contribution in [1.82, 2.24) is 0 Å². The van der Waals surface area contributed by atoms with Gasteiger partial charge in [0.05, 0.1) is 61.3 Å². The summed E-state index contributed by atoms with van der Waals surface area (Å²) in [5.74, 6) is -6.47. The second-order valence-corrected chi connectivity index (χ2v) is 15.0. The molecule has 0 aromatic rings. The van der Waals surface area contributed by atoms with Gasteiger partial charge in [-0.3, -0.25) is 14.4 Å². The lowest BCUT2D eigenvalue weighted by Crippen LogP contribution is -2.61. The number of allylic oxidation sites excluding steroid dienone is 8. The zero-order valence-corrected chi connectivity index (χ0v) is 32.2. The molecule has 0 amide bonds. The van der Waals surface area contributed by atoms with Gasteiger partial charge < -0.3 is 65.5 Å². The van der Waals surface area contributed by atoms with E-state index < -0.39 is 128 Å².